The van der Waals surface area contributed by atoms with E-state index in [2.05, 4.69) is 15.0 Å². The summed E-state index contributed by atoms with van der Waals surface area (Å²) in [6.07, 6.45) is -2.04. The van der Waals surface area contributed by atoms with Gasteiger partial charge in [0.1, 0.15) is 23.3 Å². The molecule has 3 aromatic rings. The lowest BCUT2D eigenvalue weighted by Gasteiger charge is -2.38. The lowest BCUT2D eigenvalue weighted by atomic mass is 10.00. The Bertz CT molecular complexity index is 1380. The van der Waals surface area contributed by atoms with E-state index in [1.54, 1.807) is 11.8 Å². The van der Waals surface area contributed by atoms with E-state index in [1.165, 1.54) is 29.1 Å². The van der Waals surface area contributed by atoms with Crippen molar-refractivity contribution in [1.29, 1.82) is 0 Å². The number of carbonyl (C=O) groups is 1. The van der Waals surface area contributed by atoms with Crippen molar-refractivity contribution in [3.63, 3.8) is 0 Å². The molecule has 0 N–H and O–H groups in total. The summed E-state index contributed by atoms with van der Waals surface area (Å²) in [5.74, 6) is -0.804. The lowest BCUT2D eigenvalue weighted by Crippen LogP contribution is -2.54. The monoisotopic (exact) mass is 521 g/mol. The first-order valence-electron chi connectivity index (χ1n) is 11.2. The van der Waals surface area contributed by atoms with Crippen molar-refractivity contribution in [2.75, 3.05) is 19.7 Å². The number of ether oxygens (including phenoxy) is 1. The van der Waals surface area contributed by atoms with Gasteiger partial charge in [-0.1, -0.05) is 11.6 Å². The molecule has 2 aromatic heterocycles. The number of imidazole rings is 1. The van der Waals surface area contributed by atoms with Crippen molar-refractivity contribution < 1.29 is 27.1 Å². The van der Waals surface area contributed by atoms with Crippen LogP contribution in [0.25, 0.3) is 5.69 Å². The molecule has 36 heavy (non-hydrogen) atoms. The number of alkyl halides is 3. The third-order valence-electron chi connectivity index (χ3n) is 6.09. The number of aliphatic imine (C=N–C) groups is 1. The number of pyridine rings is 1. The number of halogens is 5. The minimum absolute atomic E-state index is 0.0425. The zero-order valence-corrected chi connectivity index (χ0v) is 19.9. The maximum absolute atomic E-state index is 14.7. The van der Waals surface area contributed by atoms with Gasteiger partial charge in [-0.15, -0.1) is 0 Å². The molecule has 1 amide bonds. The van der Waals surface area contributed by atoms with Gasteiger partial charge in [-0.2, -0.15) is 13.2 Å². The molecule has 0 spiro atoms. The van der Waals surface area contributed by atoms with Gasteiger partial charge in [-0.3, -0.25) is 14.8 Å². The number of likely N-dealkylation sites (tertiary alicyclic amines) is 1. The molecule has 1 saturated heterocycles. The molecule has 0 bridgehead atoms. The van der Waals surface area contributed by atoms with Crippen LogP contribution in [0.5, 0.6) is 0 Å². The van der Waals surface area contributed by atoms with Crippen LogP contribution in [-0.2, 0) is 10.9 Å². The number of hydrogen-bond acceptors (Lipinski definition) is 5. The molecular formula is C24H20ClF4N5O2. The van der Waals surface area contributed by atoms with E-state index in [1.807, 2.05) is 6.92 Å². The van der Waals surface area contributed by atoms with E-state index < -0.39 is 28.6 Å². The highest BCUT2D eigenvalue weighted by Gasteiger charge is 2.39. The van der Waals surface area contributed by atoms with Gasteiger partial charge in [0.25, 0.3) is 5.91 Å². The van der Waals surface area contributed by atoms with Crippen molar-refractivity contribution in [3.8, 4) is 5.69 Å². The lowest BCUT2D eigenvalue weighted by molar-refractivity contribution is -0.137. The van der Waals surface area contributed by atoms with Crippen LogP contribution in [0.4, 0.5) is 17.6 Å². The van der Waals surface area contributed by atoms with E-state index in [4.69, 9.17) is 16.3 Å². The van der Waals surface area contributed by atoms with Gasteiger partial charge in [0, 0.05) is 37.7 Å². The average Bonchev–Trinajstić information content (AvgIpc) is 3.20. The first kappa shape index (κ1) is 24.4. The van der Waals surface area contributed by atoms with Gasteiger partial charge in [0.2, 0.25) is 0 Å². The second kappa shape index (κ2) is 8.97. The Morgan fingerprint density at radius 1 is 1.25 bits per heavy atom. The van der Waals surface area contributed by atoms with Crippen molar-refractivity contribution in [1.82, 2.24) is 19.4 Å². The molecule has 12 heteroatoms. The summed E-state index contributed by atoms with van der Waals surface area (Å²) in [7, 11) is 0. The maximum atomic E-state index is 14.7. The summed E-state index contributed by atoms with van der Waals surface area (Å²) >= 11 is 6.32. The standard InChI is InChI=1S/C24H20ClF4N5O2/c1-3-36-13-9-33(10-13)23(35)16-11-34-17-7-6-14(24(27,28)29)19(25)18(17)21(31-12(2)22(34)32-16)20-15(26)5-4-8-30-20/h4-8,11-13H,3,9-10H2,1-2H3/t12-/m0/s1. The fraction of sp³-hybridized carbons (Fsp3) is 0.333. The summed E-state index contributed by atoms with van der Waals surface area (Å²) < 4.78 is 62.9. The number of carbonyl (C=O) groups excluding carboxylic acids is 1. The molecular weight excluding hydrogens is 502 g/mol. The molecule has 0 unspecified atom stereocenters. The van der Waals surface area contributed by atoms with E-state index in [9.17, 15) is 22.4 Å². The van der Waals surface area contributed by atoms with Crippen molar-refractivity contribution in [3.05, 3.63) is 75.8 Å². The molecule has 0 radical (unpaired) electrons. The van der Waals surface area contributed by atoms with Gasteiger partial charge >= 0.3 is 6.18 Å². The summed E-state index contributed by atoms with van der Waals surface area (Å²) in [4.78, 5) is 27.6. The number of hydrogen-bond donors (Lipinski definition) is 0. The average molecular weight is 522 g/mol. The van der Waals surface area contributed by atoms with Crippen LogP contribution in [0.1, 0.15) is 53.0 Å². The van der Waals surface area contributed by atoms with Crippen LogP contribution in [0.15, 0.2) is 41.7 Å². The van der Waals surface area contributed by atoms with Crippen LogP contribution in [0.3, 0.4) is 0 Å². The molecule has 1 atom stereocenters. The van der Waals surface area contributed by atoms with E-state index in [0.29, 0.717) is 25.5 Å². The normalized spacial score (nSPS) is 17.7. The Labute approximate surface area is 208 Å². The summed E-state index contributed by atoms with van der Waals surface area (Å²) in [6.45, 7) is 4.90. The van der Waals surface area contributed by atoms with E-state index in [0.717, 1.165) is 12.1 Å². The summed E-state index contributed by atoms with van der Waals surface area (Å²) in [5, 5.41) is -0.646. The molecule has 2 aliphatic heterocycles. The van der Waals surface area contributed by atoms with Crippen LogP contribution < -0.4 is 0 Å². The predicted octanol–water partition coefficient (Wildman–Crippen LogP) is 4.85. The van der Waals surface area contributed by atoms with Crippen LogP contribution in [-0.4, -0.2) is 56.9 Å². The first-order chi connectivity index (χ1) is 17.1. The molecule has 4 heterocycles. The Morgan fingerprint density at radius 3 is 2.67 bits per heavy atom. The van der Waals surface area contributed by atoms with Gasteiger partial charge in [-0.25, -0.2) is 9.37 Å². The Morgan fingerprint density at radius 2 is 2.00 bits per heavy atom. The van der Waals surface area contributed by atoms with Crippen molar-refractivity contribution in [2.24, 2.45) is 4.99 Å². The molecule has 0 saturated carbocycles. The molecule has 0 aliphatic carbocycles. The maximum Gasteiger partial charge on any atom is 0.417 e. The van der Waals surface area contributed by atoms with Gasteiger partial charge in [-0.05, 0) is 38.1 Å². The fourth-order valence-electron chi connectivity index (χ4n) is 4.36. The fourth-order valence-corrected chi connectivity index (χ4v) is 4.72. The highest BCUT2D eigenvalue weighted by molar-refractivity contribution is 6.37. The summed E-state index contributed by atoms with van der Waals surface area (Å²) in [5.41, 5.74) is -1.33. The molecule has 2 aliphatic rings. The van der Waals surface area contributed by atoms with Gasteiger partial charge in [0.15, 0.2) is 5.82 Å². The predicted molar refractivity (Wildman–Crippen MR) is 123 cm³/mol. The van der Waals surface area contributed by atoms with E-state index in [-0.39, 0.29) is 40.4 Å². The molecule has 5 rings (SSSR count). The number of aromatic nitrogens is 3. The van der Waals surface area contributed by atoms with Gasteiger partial charge < -0.3 is 14.2 Å². The second-order valence-corrected chi connectivity index (χ2v) is 8.83. The largest absolute Gasteiger partial charge is 0.417 e. The Balaban J connectivity index is 1.66. The number of rotatable bonds is 4. The third kappa shape index (κ3) is 4.05. The highest BCUT2D eigenvalue weighted by atomic mass is 35.5. The first-order valence-corrected chi connectivity index (χ1v) is 11.6. The SMILES string of the molecule is CCOC1CN(C(=O)c2cn3c(n2)[C@H](C)N=C(c2ncccc2F)c2c-3ccc(C(F)(F)F)c2Cl)C1. The minimum atomic E-state index is -4.76. The molecule has 1 fully saturated rings. The van der Waals surface area contributed by atoms with Crippen LogP contribution >= 0.6 is 11.6 Å². The van der Waals surface area contributed by atoms with Gasteiger partial charge in [0.05, 0.1) is 28.1 Å². The molecule has 188 valence electrons. The molecule has 1 aromatic carbocycles. The third-order valence-corrected chi connectivity index (χ3v) is 6.48. The van der Waals surface area contributed by atoms with E-state index >= 15 is 0 Å². The minimum Gasteiger partial charge on any atom is -0.375 e. The smallest absolute Gasteiger partial charge is 0.375 e. The van der Waals surface area contributed by atoms with Crippen molar-refractivity contribution >= 4 is 23.2 Å². The second-order valence-electron chi connectivity index (χ2n) is 8.45. The highest BCUT2D eigenvalue weighted by Crippen LogP contribution is 2.41. The zero-order chi connectivity index (χ0) is 25.8. The molecule has 7 nitrogen and oxygen atoms in total. The van der Waals surface area contributed by atoms with Crippen LogP contribution in [0.2, 0.25) is 5.02 Å². The Hall–Kier alpha value is -3.31. The topological polar surface area (TPSA) is 72.6 Å². The summed E-state index contributed by atoms with van der Waals surface area (Å²) in [6, 6.07) is 3.81. The zero-order valence-electron chi connectivity index (χ0n) is 19.2. The number of amides is 1. The number of nitrogens with zero attached hydrogens (tertiary/aromatic N) is 5. The number of fused-ring (bicyclic) bond motifs is 3. The quantitative estimate of drug-likeness (QED) is 0.460. The van der Waals surface area contributed by atoms with Crippen LogP contribution in [0, 0.1) is 5.82 Å². The van der Waals surface area contributed by atoms with Crippen molar-refractivity contribution in [2.45, 2.75) is 32.2 Å². The number of benzene rings is 1. The Kier molecular flexibility index (Phi) is 6.08.